The molecule has 0 aromatic rings. The first-order valence-electron chi connectivity index (χ1n) is 3.91. The smallest absolute Gasteiger partial charge is 0.351 e. The van der Waals surface area contributed by atoms with Crippen LogP contribution in [0.5, 0.6) is 0 Å². The first-order valence-corrected chi connectivity index (χ1v) is 3.91. The zero-order valence-corrected chi connectivity index (χ0v) is 7.20. The first-order chi connectivity index (χ1) is 5.96. The Labute approximate surface area is 75.1 Å². The molecule has 13 heavy (non-hydrogen) atoms. The van der Waals surface area contributed by atoms with Crippen molar-refractivity contribution in [2.75, 3.05) is 0 Å². The zero-order chi connectivity index (χ0) is 10.1. The lowest BCUT2D eigenvalue weighted by molar-refractivity contribution is -0.144. The molecule has 72 valence electrons. The van der Waals surface area contributed by atoms with Gasteiger partial charge in [-0.3, -0.25) is 0 Å². The highest BCUT2D eigenvalue weighted by Gasteiger charge is 2.36. The number of hydrogen-bond acceptors (Lipinski definition) is 3. The maximum absolute atomic E-state index is 10.8. The largest absolute Gasteiger partial charge is 0.480 e. The van der Waals surface area contributed by atoms with E-state index in [9.17, 15) is 9.59 Å². The molecule has 0 bridgehead atoms. The van der Waals surface area contributed by atoms with Gasteiger partial charge in [-0.1, -0.05) is 6.08 Å². The molecular weight excluding hydrogens is 174 g/mol. The van der Waals surface area contributed by atoms with Crippen LogP contribution < -0.4 is 5.32 Å². The molecule has 5 heteroatoms. The van der Waals surface area contributed by atoms with Crippen LogP contribution in [-0.4, -0.2) is 27.7 Å². The molecule has 0 saturated carbocycles. The van der Waals surface area contributed by atoms with Crippen LogP contribution in [0.2, 0.25) is 0 Å². The van der Waals surface area contributed by atoms with E-state index in [-0.39, 0.29) is 5.70 Å². The van der Waals surface area contributed by atoms with Crippen LogP contribution in [0.4, 0.5) is 0 Å². The molecule has 0 aliphatic carbocycles. The Bertz CT molecular complexity index is 284. The Balaban J connectivity index is 2.84. The predicted octanol–water partition coefficient (Wildman–Crippen LogP) is 0.182. The van der Waals surface area contributed by atoms with Crippen LogP contribution in [0.3, 0.4) is 0 Å². The van der Waals surface area contributed by atoms with Gasteiger partial charge in [0.1, 0.15) is 11.2 Å². The number of rotatable bonds is 2. The van der Waals surface area contributed by atoms with Crippen molar-refractivity contribution in [3.05, 3.63) is 11.8 Å². The van der Waals surface area contributed by atoms with Crippen molar-refractivity contribution in [2.45, 2.75) is 25.3 Å². The zero-order valence-electron chi connectivity index (χ0n) is 7.20. The topological polar surface area (TPSA) is 86.6 Å². The molecule has 0 amide bonds. The fraction of sp³-hybridized carbons (Fsp3) is 0.500. The van der Waals surface area contributed by atoms with Gasteiger partial charge in [-0.25, -0.2) is 9.59 Å². The predicted molar refractivity (Wildman–Crippen MR) is 44.1 cm³/mol. The van der Waals surface area contributed by atoms with Gasteiger partial charge in [0.05, 0.1) is 0 Å². The molecule has 1 unspecified atom stereocenters. The normalized spacial score (nSPS) is 27.3. The summed E-state index contributed by atoms with van der Waals surface area (Å²) in [5.41, 5.74) is -1.18. The van der Waals surface area contributed by atoms with Crippen LogP contribution in [0.1, 0.15) is 19.8 Å². The van der Waals surface area contributed by atoms with E-state index >= 15 is 0 Å². The Morgan fingerprint density at radius 1 is 1.54 bits per heavy atom. The molecule has 1 rings (SSSR count). The van der Waals surface area contributed by atoms with Crippen LogP contribution in [0.15, 0.2) is 11.8 Å². The van der Waals surface area contributed by atoms with E-state index in [1.54, 1.807) is 0 Å². The fourth-order valence-corrected chi connectivity index (χ4v) is 1.22. The van der Waals surface area contributed by atoms with Crippen molar-refractivity contribution in [2.24, 2.45) is 0 Å². The highest BCUT2D eigenvalue weighted by Crippen LogP contribution is 2.20. The Hall–Kier alpha value is -1.52. The van der Waals surface area contributed by atoms with E-state index in [0.717, 1.165) is 0 Å². The SMILES string of the molecule is CC1(C(=O)O)CCC=C(C(=O)O)N1. The fourth-order valence-electron chi connectivity index (χ4n) is 1.22. The summed E-state index contributed by atoms with van der Waals surface area (Å²) in [4.78, 5) is 21.3. The van der Waals surface area contributed by atoms with Gasteiger partial charge in [-0.15, -0.1) is 0 Å². The maximum atomic E-state index is 10.8. The molecule has 0 radical (unpaired) electrons. The molecule has 5 nitrogen and oxygen atoms in total. The summed E-state index contributed by atoms with van der Waals surface area (Å²) in [5, 5.41) is 19.9. The summed E-state index contributed by atoms with van der Waals surface area (Å²) in [5.74, 6) is -2.15. The maximum Gasteiger partial charge on any atom is 0.351 e. The number of carbonyl (C=O) groups is 2. The van der Waals surface area contributed by atoms with E-state index in [4.69, 9.17) is 10.2 Å². The lowest BCUT2D eigenvalue weighted by atomic mass is 9.92. The molecule has 1 atom stereocenters. The molecular formula is C8H11NO4. The third-order valence-corrected chi connectivity index (χ3v) is 2.11. The Morgan fingerprint density at radius 3 is 2.62 bits per heavy atom. The Morgan fingerprint density at radius 2 is 2.15 bits per heavy atom. The van der Waals surface area contributed by atoms with Crippen molar-refractivity contribution in [1.82, 2.24) is 5.32 Å². The summed E-state index contributed by atoms with van der Waals surface area (Å²) >= 11 is 0. The lowest BCUT2D eigenvalue weighted by Gasteiger charge is -2.30. The van der Waals surface area contributed by atoms with Crippen LogP contribution in [0.25, 0.3) is 0 Å². The molecule has 0 saturated heterocycles. The number of nitrogens with one attached hydrogen (secondary N) is 1. The first kappa shape index (κ1) is 9.57. The number of carboxylic acids is 2. The van der Waals surface area contributed by atoms with Crippen molar-refractivity contribution in [3.8, 4) is 0 Å². The second kappa shape index (κ2) is 3.08. The van der Waals surface area contributed by atoms with Gasteiger partial charge in [0.15, 0.2) is 0 Å². The molecule has 0 spiro atoms. The molecule has 3 N–H and O–H groups in total. The summed E-state index contributed by atoms with van der Waals surface area (Å²) in [6.45, 7) is 1.48. The van der Waals surface area contributed by atoms with E-state index in [1.165, 1.54) is 13.0 Å². The van der Waals surface area contributed by atoms with E-state index < -0.39 is 17.5 Å². The number of aliphatic carboxylic acids is 2. The van der Waals surface area contributed by atoms with E-state index in [0.29, 0.717) is 12.8 Å². The van der Waals surface area contributed by atoms with Crippen molar-refractivity contribution < 1.29 is 19.8 Å². The van der Waals surface area contributed by atoms with Crippen LogP contribution >= 0.6 is 0 Å². The second-order valence-corrected chi connectivity index (χ2v) is 3.22. The molecule has 1 aliphatic heterocycles. The molecule has 1 heterocycles. The monoisotopic (exact) mass is 185 g/mol. The second-order valence-electron chi connectivity index (χ2n) is 3.22. The van der Waals surface area contributed by atoms with Gasteiger partial charge in [0.2, 0.25) is 0 Å². The number of allylic oxidation sites excluding steroid dienone is 1. The minimum absolute atomic E-state index is 0.0313. The third kappa shape index (κ3) is 1.80. The van der Waals surface area contributed by atoms with Gasteiger partial charge in [0, 0.05) is 0 Å². The molecule has 0 aromatic carbocycles. The third-order valence-electron chi connectivity index (χ3n) is 2.11. The highest BCUT2D eigenvalue weighted by molar-refractivity contribution is 5.89. The van der Waals surface area contributed by atoms with Crippen molar-refractivity contribution >= 4 is 11.9 Å². The summed E-state index contributed by atoms with van der Waals surface area (Å²) in [6, 6.07) is 0. The van der Waals surface area contributed by atoms with Crippen molar-refractivity contribution in [3.63, 3.8) is 0 Å². The summed E-state index contributed by atoms with van der Waals surface area (Å²) in [7, 11) is 0. The van der Waals surface area contributed by atoms with Gasteiger partial charge < -0.3 is 15.5 Å². The molecule has 1 aliphatic rings. The highest BCUT2D eigenvalue weighted by atomic mass is 16.4. The quantitative estimate of drug-likeness (QED) is 0.571. The standard InChI is InChI=1S/C8H11NO4/c1-8(7(12)13)4-2-3-5(9-8)6(10)11/h3,9H,2,4H2,1H3,(H,10,11)(H,12,13). The number of hydrogen-bond donors (Lipinski definition) is 3. The molecule has 0 fully saturated rings. The molecule has 0 aromatic heterocycles. The lowest BCUT2D eigenvalue weighted by Crippen LogP contribution is -2.51. The van der Waals surface area contributed by atoms with Gasteiger partial charge in [0.25, 0.3) is 0 Å². The Kier molecular flexibility index (Phi) is 2.27. The van der Waals surface area contributed by atoms with E-state index in [2.05, 4.69) is 5.32 Å². The average molecular weight is 185 g/mol. The van der Waals surface area contributed by atoms with Gasteiger partial charge >= 0.3 is 11.9 Å². The van der Waals surface area contributed by atoms with E-state index in [1.807, 2.05) is 0 Å². The minimum atomic E-state index is -1.15. The van der Waals surface area contributed by atoms with Crippen LogP contribution in [0, 0.1) is 0 Å². The minimum Gasteiger partial charge on any atom is -0.480 e. The summed E-state index contributed by atoms with van der Waals surface area (Å²) in [6.07, 6.45) is 2.36. The van der Waals surface area contributed by atoms with Gasteiger partial charge in [-0.05, 0) is 19.8 Å². The number of carboxylic acid groups (broad SMARTS) is 2. The van der Waals surface area contributed by atoms with Crippen molar-refractivity contribution in [1.29, 1.82) is 0 Å². The van der Waals surface area contributed by atoms with Crippen LogP contribution in [-0.2, 0) is 9.59 Å². The summed E-state index contributed by atoms with van der Waals surface area (Å²) < 4.78 is 0. The average Bonchev–Trinajstić information content (AvgIpc) is 2.04. The van der Waals surface area contributed by atoms with Gasteiger partial charge in [-0.2, -0.15) is 0 Å².